The van der Waals surface area contributed by atoms with Crippen molar-refractivity contribution in [3.05, 3.63) is 72.4 Å². The predicted molar refractivity (Wildman–Crippen MR) is 84.2 cm³/mol. The number of carbonyl (C=O) groups excluding carboxylic acids is 1. The van der Waals surface area contributed by atoms with Gasteiger partial charge in [-0.15, -0.1) is 0 Å². The van der Waals surface area contributed by atoms with Crippen LogP contribution >= 0.6 is 0 Å². The van der Waals surface area contributed by atoms with Gasteiger partial charge in [0.2, 0.25) is 0 Å². The van der Waals surface area contributed by atoms with Gasteiger partial charge in [-0.1, -0.05) is 60.7 Å². The van der Waals surface area contributed by atoms with Gasteiger partial charge in [-0.25, -0.2) is 14.8 Å². The minimum absolute atomic E-state index is 0.246. The molecule has 0 aliphatic rings. The second kappa shape index (κ2) is 6.18. The highest BCUT2D eigenvalue weighted by Gasteiger charge is 2.14. The maximum Gasteiger partial charge on any atom is 0.356 e. The number of rotatable bonds is 3. The Labute approximate surface area is 128 Å². The fourth-order valence-electron chi connectivity index (χ4n) is 2.13. The van der Waals surface area contributed by atoms with E-state index < -0.39 is 5.97 Å². The quantitative estimate of drug-likeness (QED) is 0.692. The minimum Gasteiger partial charge on any atom is -0.464 e. The Hall–Kier alpha value is -3.01. The van der Waals surface area contributed by atoms with E-state index in [1.807, 2.05) is 60.7 Å². The Morgan fingerprint density at radius 2 is 1.45 bits per heavy atom. The van der Waals surface area contributed by atoms with Crippen LogP contribution in [0.4, 0.5) is 0 Å². The van der Waals surface area contributed by atoms with Gasteiger partial charge in [0.05, 0.1) is 12.8 Å². The lowest BCUT2D eigenvalue weighted by Crippen LogP contribution is -2.07. The first-order chi connectivity index (χ1) is 10.8. The molecule has 0 aliphatic heterocycles. The lowest BCUT2D eigenvalue weighted by molar-refractivity contribution is 0.0594. The molecule has 108 valence electrons. The first-order valence-electron chi connectivity index (χ1n) is 6.86. The molecule has 0 N–H and O–H groups in total. The third kappa shape index (κ3) is 2.86. The van der Waals surface area contributed by atoms with Gasteiger partial charge in [-0.3, -0.25) is 0 Å². The normalized spacial score (nSPS) is 10.2. The van der Waals surface area contributed by atoms with Gasteiger partial charge in [0.1, 0.15) is 0 Å². The standard InChI is InChI=1S/C18H14N2O2/c1-22-18(21)16-12-15(13-8-4-2-5-9-13)19-17(20-16)14-10-6-3-7-11-14/h2-12H,1H3. The number of carbonyl (C=O) groups is 1. The molecular weight excluding hydrogens is 276 g/mol. The third-order valence-electron chi connectivity index (χ3n) is 3.22. The smallest absolute Gasteiger partial charge is 0.356 e. The molecular formula is C18H14N2O2. The minimum atomic E-state index is -0.475. The number of nitrogens with zero attached hydrogens (tertiary/aromatic N) is 2. The summed E-state index contributed by atoms with van der Waals surface area (Å²) in [5.74, 6) is 0.0270. The highest BCUT2D eigenvalue weighted by atomic mass is 16.5. The molecule has 0 amide bonds. The molecule has 0 saturated carbocycles. The van der Waals surface area contributed by atoms with E-state index in [4.69, 9.17) is 4.74 Å². The molecule has 0 unspecified atom stereocenters. The van der Waals surface area contributed by atoms with Crippen LogP contribution in [0.1, 0.15) is 10.5 Å². The molecule has 3 aromatic rings. The van der Waals surface area contributed by atoms with Gasteiger partial charge < -0.3 is 4.74 Å². The van der Waals surface area contributed by atoms with Gasteiger partial charge in [0.15, 0.2) is 11.5 Å². The van der Waals surface area contributed by atoms with Crippen molar-refractivity contribution in [1.29, 1.82) is 0 Å². The van der Waals surface area contributed by atoms with Crippen molar-refractivity contribution in [3.63, 3.8) is 0 Å². The fourth-order valence-corrected chi connectivity index (χ4v) is 2.13. The average molecular weight is 290 g/mol. The second-order valence-electron chi connectivity index (χ2n) is 4.69. The number of methoxy groups -OCH3 is 1. The predicted octanol–water partition coefficient (Wildman–Crippen LogP) is 3.60. The van der Waals surface area contributed by atoms with E-state index in [0.717, 1.165) is 11.1 Å². The number of esters is 1. The molecule has 0 radical (unpaired) electrons. The van der Waals surface area contributed by atoms with E-state index in [1.165, 1.54) is 7.11 Å². The molecule has 1 aromatic heterocycles. The summed E-state index contributed by atoms with van der Waals surface area (Å²) >= 11 is 0. The van der Waals surface area contributed by atoms with Crippen molar-refractivity contribution in [2.24, 2.45) is 0 Å². The summed E-state index contributed by atoms with van der Waals surface area (Å²) in [5.41, 5.74) is 2.71. The van der Waals surface area contributed by atoms with Gasteiger partial charge >= 0.3 is 5.97 Å². The van der Waals surface area contributed by atoms with Crippen LogP contribution in [0.2, 0.25) is 0 Å². The summed E-state index contributed by atoms with van der Waals surface area (Å²) in [6, 6.07) is 20.9. The highest BCUT2D eigenvalue weighted by Crippen LogP contribution is 2.22. The fraction of sp³-hybridized carbons (Fsp3) is 0.0556. The molecule has 4 nitrogen and oxygen atoms in total. The van der Waals surface area contributed by atoms with Crippen molar-refractivity contribution in [2.45, 2.75) is 0 Å². The van der Waals surface area contributed by atoms with E-state index in [9.17, 15) is 4.79 Å². The zero-order valence-corrected chi connectivity index (χ0v) is 12.1. The zero-order chi connectivity index (χ0) is 15.4. The SMILES string of the molecule is COC(=O)c1cc(-c2ccccc2)nc(-c2ccccc2)n1. The van der Waals surface area contributed by atoms with Crippen molar-refractivity contribution < 1.29 is 9.53 Å². The largest absolute Gasteiger partial charge is 0.464 e. The maximum atomic E-state index is 11.9. The molecule has 1 heterocycles. The Morgan fingerprint density at radius 1 is 0.864 bits per heavy atom. The van der Waals surface area contributed by atoms with Crippen molar-refractivity contribution >= 4 is 5.97 Å². The third-order valence-corrected chi connectivity index (χ3v) is 3.22. The zero-order valence-electron chi connectivity index (χ0n) is 12.1. The molecule has 0 spiro atoms. The average Bonchev–Trinajstić information content (AvgIpc) is 2.62. The van der Waals surface area contributed by atoms with Crippen LogP contribution in [-0.2, 0) is 4.74 Å². The van der Waals surface area contributed by atoms with E-state index >= 15 is 0 Å². The lowest BCUT2D eigenvalue weighted by atomic mass is 10.1. The van der Waals surface area contributed by atoms with E-state index in [1.54, 1.807) is 6.07 Å². The number of benzene rings is 2. The summed E-state index contributed by atoms with van der Waals surface area (Å²) in [6.45, 7) is 0. The molecule has 3 rings (SSSR count). The van der Waals surface area contributed by atoms with Crippen molar-refractivity contribution in [1.82, 2.24) is 9.97 Å². The Balaban J connectivity index is 2.17. The van der Waals surface area contributed by atoms with E-state index in [2.05, 4.69) is 9.97 Å². The van der Waals surface area contributed by atoms with Gasteiger partial charge in [0, 0.05) is 11.1 Å². The van der Waals surface area contributed by atoms with Crippen LogP contribution in [-0.4, -0.2) is 23.0 Å². The molecule has 0 saturated heterocycles. The highest BCUT2D eigenvalue weighted by molar-refractivity contribution is 5.89. The van der Waals surface area contributed by atoms with Crippen LogP contribution < -0.4 is 0 Å². The number of aromatic nitrogens is 2. The van der Waals surface area contributed by atoms with Gasteiger partial charge in [0.25, 0.3) is 0 Å². The molecule has 2 aromatic carbocycles. The summed E-state index contributed by atoms with van der Waals surface area (Å²) in [4.78, 5) is 20.8. The molecule has 22 heavy (non-hydrogen) atoms. The van der Waals surface area contributed by atoms with Crippen molar-refractivity contribution in [3.8, 4) is 22.6 Å². The van der Waals surface area contributed by atoms with Gasteiger partial charge in [-0.05, 0) is 6.07 Å². The van der Waals surface area contributed by atoms with Crippen LogP contribution in [0.25, 0.3) is 22.6 Å². The summed E-state index contributed by atoms with van der Waals surface area (Å²) in [5, 5.41) is 0. The molecule has 0 aliphatic carbocycles. The topological polar surface area (TPSA) is 52.1 Å². The van der Waals surface area contributed by atoms with Crippen molar-refractivity contribution in [2.75, 3.05) is 7.11 Å². The van der Waals surface area contributed by atoms with Crippen LogP contribution in [0.3, 0.4) is 0 Å². The Bertz CT molecular complexity index is 729. The first kappa shape index (κ1) is 13.9. The first-order valence-corrected chi connectivity index (χ1v) is 6.86. The number of hydrogen-bond acceptors (Lipinski definition) is 4. The monoisotopic (exact) mass is 290 g/mol. The maximum absolute atomic E-state index is 11.9. The Kier molecular flexibility index (Phi) is 3.92. The van der Waals surface area contributed by atoms with Crippen LogP contribution in [0.5, 0.6) is 0 Å². The molecule has 0 bridgehead atoms. The number of hydrogen-bond donors (Lipinski definition) is 0. The molecule has 4 heteroatoms. The molecule has 0 atom stereocenters. The second-order valence-corrected chi connectivity index (χ2v) is 4.69. The van der Waals surface area contributed by atoms with Gasteiger partial charge in [-0.2, -0.15) is 0 Å². The van der Waals surface area contributed by atoms with Crippen LogP contribution in [0.15, 0.2) is 66.7 Å². The summed E-state index contributed by atoms with van der Waals surface area (Å²) < 4.78 is 4.79. The van der Waals surface area contributed by atoms with E-state index in [-0.39, 0.29) is 5.69 Å². The molecule has 0 fully saturated rings. The van der Waals surface area contributed by atoms with Crippen LogP contribution in [0, 0.1) is 0 Å². The summed E-state index contributed by atoms with van der Waals surface area (Å²) in [6.07, 6.45) is 0. The Morgan fingerprint density at radius 3 is 2.05 bits per heavy atom. The van der Waals surface area contributed by atoms with E-state index in [0.29, 0.717) is 11.5 Å². The summed E-state index contributed by atoms with van der Waals surface area (Å²) in [7, 11) is 1.34. The lowest BCUT2D eigenvalue weighted by Gasteiger charge is -2.07. The number of ether oxygens (including phenoxy) is 1.